The van der Waals surface area contributed by atoms with E-state index in [4.69, 9.17) is 0 Å². The van der Waals surface area contributed by atoms with Crippen LogP contribution in [0.15, 0.2) is 9.82 Å². The number of nitrogens with zero attached hydrogens (tertiary/aromatic N) is 3. The van der Waals surface area contributed by atoms with Crippen LogP contribution in [0.25, 0.3) is 0 Å². The van der Waals surface area contributed by atoms with Crippen molar-refractivity contribution in [2.45, 2.75) is 44.7 Å². The first-order valence-electron chi connectivity index (χ1n) is 8.29. The quantitative estimate of drug-likeness (QED) is 0.564. The summed E-state index contributed by atoms with van der Waals surface area (Å²) >= 11 is 1.37. The number of carbonyl (C=O) groups excluding carboxylic acids is 1. The van der Waals surface area contributed by atoms with Crippen LogP contribution in [0.4, 0.5) is 0 Å². The lowest BCUT2D eigenvalue weighted by atomic mass is 10.2. The largest absolute Gasteiger partial charge is 0.358 e. The average Bonchev–Trinajstić information content (AvgIpc) is 3.04. The van der Waals surface area contributed by atoms with Gasteiger partial charge in [0.1, 0.15) is 5.03 Å². The van der Waals surface area contributed by atoms with Crippen molar-refractivity contribution in [3.63, 3.8) is 0 Å². The number of rotatable bonds is 8. The molecule has 1 N–H and O–H groups in total. The minimum Gasteiger partial charge on any atom is -0.358 e. The van der Waals surface area contributed by atoms with E-state index in [1.807, 2.05) is 4.57 Å². The lowest BCUT2D eigenvalue weighted by Gasteiger charge is -2.20. The highest BCUT2D eigenvalue weighted by molar-refractivity contribution is 7.99. The van der Waals surface area contributed by atoms with Crippen molar-refractivity contribution < 1.29 is 4.79 Å². The molecule has 1 aromatic heterocycles. The molecule has 0 saturated heterocycles. The Hall–Kier alpha value is -1.34. The maximum atomic E-state index is 12.4. The van der Waals surface area contributed by atoms with Gasteiger partial charge in [-0.1, -0.05) is 25.6 Å². The molecule has 1 aromatic rings. The van der Waals surface area contributed by atoms with Gasteiger partial charge in [0, 0.05) is 31.4 Å². The van der Waals surface area contributed by atoms with E-state index >= 15 is 0 Å². The first-order valence-corrected chi connectivity index (χ1v) is 9.27. The molecule has 0 bridgehead atoms. The number of amides is 1. The molecule has 0 saturated carbocycles. The summed E-state index contributed by atoms with van der Waals surface area (Å²) in [6.45, 7) is 7.80. The third kappa shape index (κ3) is 4.35. The molecule has 0 atom stereocenters. The summed E-state index contributed by atoms with van der Waals surface area (Å²) in [6.07, 6.45) is 2.93. The fourth-order valence-corrected chi connectivity index (χ4v) is 3.87. The molecular formula is C16H26N4O2S. The minimum absolute atomic E-state index is 0.0470. The molecule has 0 aromatic carbocycles. The second kappa shape index (κ2) is 8.49. The predicted molar refractivity (Wildman–Crippen MR) is 93.1 cm³/mol. The molecule has 23 heavy (non-hydrogen) atoms. The highest BCUT2D eigenvalue weighted by atomic mass is 32.2. The SMILES string of the molecule is CCN(CC)CCn1c2c(c(SCC(=O)NC)nc1=O)CCC2. The van der Waals surface area contributed by atoms with Gasteiger partial charge in [0.2, 0.25) is 5.91 Å². The third-order valence-corrected chi connectivity index (χ3v) is 5.37. The number of fused-ring (bicyclic) bond motifs is 1. The van der Waals surface area contributed by atoms with Crippen molar-refractivity contribution in [1.29, 1.82) is 0 Å². The van der Waals surface area contributed by atoms with Crippen molar-refractivity contribution in [3.05, 3.63) is 21.7 Å². The van der Waals surface area contributed by atoms with Crippen molar-refractivity contribution in [2.75, 3.05) is 32.4 Å². The van der Waals surface area contributed by atoms with E-state index in [0.29, 0.717) is 12.3 Å². The number of thioether (sulfide) groups is 1. The summed E-state index contributed by atoms with van der Waals surface area (Å²) in [5.74, 6) is 0.257. The number of hydrogen-bond donors (Lipinski definition) is 1. The molecule has 2 rings (SSSR count). The Morgan fingerprint density at radius 2 is 2.09 bits per heavy atom. The zero-order valence-electron chi connectivity index (χ0n) is 14.2. The van der Waals surface area contributed by atoms with Crippen molar-refractivity contribution in [2.24, 2.45) is 0 Å². The molecule has 0 fully saturated rings. The van der Waals surface area contributed by atoms with Crippen LogP contribution in [0, 0.1) is 0 Å². The molecule has 1 amide bonds. The number of hydrogen-bond acceptors (Lipinski definition) is 5. The molecule has 1 aliphatic carbocycles. The topological polar surface area (TPSA) is 67.2 Å². The number of likely N-dealkylation sites (N-methyl/N-ethyl adjacent to an activating group) is 1. The van der Waals surface area contributed by atoms with Gasteiger partial charge >= 0.3 is 5.69 Å². The van der Waals surface area contributed by atoms with E-state index in [1.54, 1.807) is 7.05 Å². The van der Waals surface area contributed by atoms with Crippen LogP contribution >= 0.6 is 11.8 Å². The van der Waals surface area contributed by atoms with Gasteiger partial charge in [0.25, 0.3) is 0 Å². The fraction of sp³-hybridized carbons (Fsp3) is 0.688. The summed E-state index contributed by atoms with van der Waals surface area (Å²) in [6, 6.07) is 0. The average molecular weight is 338 g/mol. The Bertz CT molecular complexity index is 611. The maximum Gasteiger partial charge on any atom is 0.348 e. The molecule has 0 spiro atoms. The lowest BCUT2D eigenvalue weighted by molar-refractivity contribution is -0.118. The molecule has 1 aliphatic rings. The van der Waals surface area contributed by atoms with Crippen LogP contribution in [0.3, 0.4) is 0 Å². The second-order valence-corrected chi connectivity index (χ2v) is 6.58. The molecule has 0 radical (unpaired) electrons. The van der Waals surface area contributed by atoms with Gasteiger partial charge in [-0.05, 0) is 32.4 Å². The Balaban J connectivity index is 2.20. The first kappa shape index (κ1) is 18.0. The van der Waals surface area contributed by atoms with Crippen LogP contribution in [0.5, 0.6) is 0 Å². The zero-order valence-corrected chi connectivity index (χ0v) is 15.0. The van der Waals surface area contributed by atoms with E-state index in [0.717, 1.165) is 55.2 Å². The monoisotopic (exact) mass is 338 g/mol. The molecule has 128 valence electrons. The second-order valence-electron chi connectivity index (χ2n) is 5.62. The van der Waals surface area contributed by atoms with E-state index in [-0.39, 0.29) is 11.6 Å². The fourth-order valence-electron chi connectivity index (χ4n) is 2.92. The van der Waals surface area contributed by atoms with Gasteiger partial charge in [0.05, 0.1) is 5.75 Å². The lowest BCUT2D eigenvalue weighted by Crippen LogP contribution is -2.34. The van der Waals surface area contributed by atoms with Crippen LogP contribution in [0.1, 0.15) is 31.5 Å². The summed E-state index contributed by atoms with van der Waals surface area (Å²) < 4.78 is 1.84. The van der Waals surface area contributed by atoms with Crippen LogP contribution in [-0.4, -0.2) is 52.8 Å². The third-order valence-electron chi connectivity index (χ3n) is 4.35. The molecular weight excluding hydrogens is 312 g/mol. The minimum atomic E-state index is -0.183. The van der Waals surface area contributed by atoms with E-state index in [2.05, 4.69) is 29.0 Å². The number of nitrogens with one attached hydrogen (secondary N) is 1. The number of carbonyl (C=O) groups is 1. The normalized spacial score (nSPS) is 13.4. The Kier molecular flexibility index (Phi) is 6.65. The molecule has 7 heteroatoms. The summed E-state index contributed by atoms with van der Waals surface area (Å²) in [4.78, 5) is 30.4. The van der Waals surface area contributed by atoms with Crippen molar-refractivity contribution >= 4 is 17.7 Å². The molecule has 6 nitrogen and oxygen atoms in total. The standard InChI is InChI=1S/C16H26N4O2S/c1-4-19(5-2)9-10-20-13-8-6-7-12(13)15(18-16(20)22)23-11-14(21)17-3/h4-11H2,1-3H3,(H,17,21). The maximum absolute atomic E-state index is 12.4. The highest BCUT2D eigenvalue weighted by Gasteiger charge is 2.22. The molecule has 0 aliphatic heterocycles. The van der Waals surface area contributed by atoms with Gasteiger partial charge in [-0.25, -0.2) is 4.79 Å². The highest BCUT2D eigenvalue weighted by Crippen LogP contribution is 2.29. The van der Waals surface area contributed by atoms with Gasteiger partial charge < -0.3 is 10.2 Å². The van der Waals surface area contributed by atoms with Crippen LogP contribution in [-0.2, 0) is 24.2 Å². The van der Waals surface area contributed by atoms with Crippen LogP contribution < -0.4 is 11.0 Å². The van der Waals surface area contributed by atoms with Gasteiger partial charge in [-0.3, -0.25) is 9.36 Å². The predicted octanol–water partition coefficient (Wildman–Crippen LogP) is 0.912. The Morgan fingerprint density at radius 1 is 1.35 bits per heavy atom. The van der Waals surface area contributed by atoms with E-state index in [1.165, 1.54) is 11.8 Å². The summed E-state index contributed by atoms with van der Waals surface area (Å²) in [7, 11) is 1.62. The molecule has 0 unspecified atom stereocenters. The van der Waals surface area contributed by atoms with Crippen molar-refractivity contribution in [3.8, 4) is 0 Å². The van der Waals surface area contributed by atoms with Gasteiger partial charge in [-0.2, -0.15) is 4.98 Å². The Labute approximate surface area is 141 Å². The summed E-state index contributed by atoms with van der Waals surface area (Å²) in [5.41, 5.74) is 2.10. The van der Waals surface area contributed by atoms with Gasteiger partial charge in [0.15, 0.2) is 0 Å². The van der Waals surface area contributed by atoms with Crippen LogP contribution in [0.2, 0.25) is 0 Å². The first-order chi connectivity index (χ1) is 11.1. The van der Waals surface area contributed by atoms with E-state index < -0.39 is 0 Å². The summed E-state index contributed by atoms with van der Waals surface area (Å²) in [5, 5.41) is 3.34. The Morgan fingerprint density at radius 3 is 2.74 bits per heavy atom. The van der Waals surface area contributed by atoms with E-state index in [9.17, 15) is 9.59 Å². The smallest absolute Gasteiger partial charge is 0.348 e. The van der Waals surface area contributed by atoms with Gasteiger partial charge in [-0.15, -0.1) is 0 Å². The molecule has 1 heterocycles. The number of aromatic nitrogens is 2. The zero-order chi connectivity index (χ0) is 16.8. The van der Waals surface area contributed by atoms with Crippen molar-refractivity contribution in [1.82, 2.24) is 19.8 Å².